The molecule has 29 heavy (non-hydrogen) atoms. The second-order valence-corrected chi connectivity index (χ2v) is 14.3. The summed E-state index contributed by atoms with van der Waals surface area (Å²) < 4.78 is 17.0. The molecular formula is C21H35NO6Si. The maximum atomic E-state index is 12.3. The highest BCUT2D eigenvalue weighted by Gasteiger charge is 2.43. The number of carbonyl (C=O) groups is 2. The Bertz CT molecular complexity index is 721. The lowest BCUT2D eigenvalue weighted by Crippen LogP contribution is -2.51. The third-order valence-electron chi connectivity index (χ3n) is 4.89. The van der Waals surface area contributed by atoms with Gasteiger partial charge in [-0.3, -0.25) is 0 Å². The molecule has 164 valence electrons. The van der Waals surface area contributed by atoms with Gasteiger partial charge in [-0.15, -0.1) is 0 Å². The number of ether oxygens (including phenoxy) is 2. The summed E-state index contributed by atoms with van der Waals surface area (Å²) in [4.78, 5) is 24.5. The van der Waals surface area contributed by atoms with Crippen molar-refractivity contribution in [3.05, 3.63) is 29.8 Å². The van der Waals surface area contributed by atoms with Crippen molar-refractivity contribution < 1.29 is 28.6 Å². The van der Waals surface area contributed by atoms with Crippen LogP contribution in [0, 0.1) is 0 Å². The van der Waals surface area contributed by atoms with Crippen LogP contribution in [0.4, 0.5) is 4.79 Å². The second kappa shape index (κ2) is 9.17. The first-order chi connectivity index (χ1) is 13.1. The lowest BCUT2D eigenvalue weighted by molar-refractivity contribution is -0.142. The number of aliphatic carboxylic acids is 1. The van der Waals surface area contributed by atoms with Gasteiger partial charge in [-0.2, -0.15) is 0 Å². The maximum absolute atomic E-state index is 12.3. The second-order valence-electron chi connectivity index (χ2n) is 9.54. The van der Waals surface area contributed by atoms with Gasteiger partial charge in [0.15, 0.2) is 14.4 Å². The molecule has 0 fully saturated rings. The molecule has 0 spiro atoms. The van der Waals surface area contributed by atoms with Crippen LogP contribution in [0.2, 0.25) is 18.1 Å². The number of hydrogen-bond donors (Lipinski definition) is 2. The first-order valence-electron chi connectivity index (χ1n) is 9.61. The molecule has 0 aliphatic rings. The smallest absolute Gasteiger partial charge is 0.408 e. The Morgan fingerprint density at radius 2 is 1.69 bits per heavy atom. The highest BCUT2D eigenvalue weighted by molar-refractivity contribution is 6.74. The summed E-state index contributed by atoms with van der Waals surface area (Å²) in [5.74, 6) is -0.630. The minimum Gasteiger partial charge on any atom is -0.497 e. The van der Waals surface area contributed by atoms with Crippen molar-refractivity contribution in [1.29, 1.82) is 0 Å². The topological polar surface area (TPSA) is 94.1 Å². The first-order valence-corrected chi connectivity index (χ1v) is 12.5. The Morgan fingerprint density at radius 3 is 2.14 bits per heavy atom. The van der Waals surface area contributed by atoms with E-state index in [4.69, 9.17) is 13.9 Å². The minimum absolute atomic E-state index is 0.154. The molecule has 1 rings (SSSR count). The molecule has 2 N–H and O–H groups in total. The number of carboxylic acids is 1. The number of hydrogen-bond acceptors (Lipinski definition) is 5. The average Bonchev–Trinajstić information content (AvgIpc) is 2.55. The Morgan fingerprint density at radius 1 is 1.10 bits per heavy atom. The van der Waals surface area contributed by atoms with E-state index in [0.717, 1.165) is 0 Å². The van der Waals surface area contributed by atoms with Gasteiger partial charge in [-0.25, -0.2) is 9.59 Å². The molecule has 1 aromatic carbocycles. The van der Waals surface area contributed by atoms with E-state index in [-0.39, 0.29) is 5.04 Å². The molecule has 0 aliphatic carbocycles. The fourth-order valence-corrected chi connectivity index (χ4v) is 3.60. The van der Waals surface area contributed by atoms with Crippen LogP contribution in [0.5, 0.6) is 5.75 Å². The number of rotatable bonds is 7. The standard InChI is InChI=1S/C21H35NO6Si/c1-20(2,3)27-19(25)22-16(18(23)24)17(28-29(8,9)21(4,5)6)14-11-10-12-15(13-14)26-7/h10-13,16-17H,1-9H3,(H,22,25)(H,23,24)/t16-,17+/m0/s1. The van der Waals surface area contributed by atoms with Gasteiger partial charge in [-0.1, -0.05) is 32.9 Å². The first kappa shape index (κ1) is 25.0. The van der Waals surface area contributed by atoms with Crippen molar-refractivity contribution in [3.8, 4) is 5.75 Å². The number of alkyl carbamates (subject to hydrolysis) is 1. The highest BCUT2D eigenvalue weighted by Crippen LogP contribution is 2.41. The van der Waals surface area contributed by atoms with Gasteiger partial charge < -0.3 is 24.3 Å². The lowest BCUT2D eigenvalue weighted by atomic mass is 10.0. The summed E-state index contributed by atoms with van der Waals surface area (Å²) in [7, 11) is -0.843. The summed E-state index contributed by atoms with van der Waals surface area (Å²) >= 11 is 0. The molecular weight excluding hydrogens is 390 g/mol. The van der Waals surface area contributed by atoms with Crippen molar-refractivity contribution in [2.45, 2.75) is 77.4 Å². The van der Waals surface area contributed by atoms with Gasteiger partial charge in [0, 0.05) is 0 Å². The van der Waals surface area contributed by atoms with Crippen LogP contribution < -0.4 is 10.1 Å². The predicted octanol–water partition coefficient (Wildman–Crippen LogP) is 4.74. The van der Waals surface area contributed by atoms with Crippen LogP contribution in [0.1, 0.15) is 53.2 Å². The summed E-state index contributed by atoms with van der Waals surface area (Å²) in [6.45, 7) is 15.4. The zero-order chi connectivity index (χ0) is 22.6. The molecule has 0 heterocycles. The van der Waals surface area contributed by atoms with Crippen LogP contribution in [-0.4, -0.2) is 44.2 Å². The Labute approximate surface area is 174 Å². The van der Waals surface area contributed by atoms with Gasteiger partial charge in [0.2, 0.25) is 0 Å². The van der Waals surface area contributed by atoms with E-state index in [0.29, 0.717) is 11.3 Å². The van der Waals surface area contributed by atoms with Crippen molar-refractivity contribution in [2.24, 2.45) is 0 Å². The van der Waals surface area contributed by atoms with Crippen LogP contribution >= 0.6 is 0 Å². The van der Waals surface area contributed by atoms with Crippen LogP contribution in [0.25, 0.3) is 0 Å². The van der Waals surface area contributed by atoms with Gasteiger partial charge in [0.1, 0.15) is 17.5 Å². The molecule has 0 aromatic heterocycles. The zero-order valence-electron chi connectivity index (χ0n) is 19.0. The number of nitrogens with one attached hydrogen (secondary N) is 1. The third-order valence-corrected chi connectivity index (χ3v) is 9.35. The van der Waals surface area contributed by atoms with Crippen molar-refractivity contribution in [1.82, 2.24) is 5.32 Å². The molecule has 2 atom stereocenters. The number of methoxy groups -OCH3 is 1. The third kappa shape index (κ3) is 7.36. The molecule has 0 saturated carbocycles. The van der Waals surface area contributed by atoms with Gasteiger partial charge in [0.05, 0.1) is 7.11 Å². The van der Waals surface area contributed by atoms with Crippen molar-refractivity contribution in [2.75, 3.05) is 7.11 Å². The average molecular weight is 426 g/mol. The molecule has 1 aromatic rings. The fourth-order valence-electron chi connectivity index (χ4n) is 2.34. The molecule has 0 radical (unpaired) electrons. The normalized spacial score (nSPS) is 14.7. The van der Waals surface area contributed by atoms with Crippen LogP contribution in [0.15, 0.2) is 24.3 Å². The SMILES string of the molecule is COc1cccc([C@@H](O[Si](C)(C)C(C)(C)C)[C@H](NC(=O)OC(C)(C)C)C(=O)O)c1. The van der Waals surface area contributed by atoms with E-state index < -0.39 is 38.1 Å². The molecule has 0 aliphatic heterocycles. The number of benzene rings is 1. The summed E-state index contributed by atoms with van der Waals surface area (Å²) in [5, 5.41) is 12.2. The highest BCUT2D eigenvalue weighted by atomic mass is 28.4. The number of carboxylic acid groups (broad SMARTS) is 1. The quantitative estimate of drug-likeness (QED) is 0.613. The Kier molecular flexibility index (Phi) is 7.90. The van der Waals surface area contributed by atoms with E-state index in [2.05, 4.69) is 26.1 Å². The maximum Gasteiger partial charge on any atom is 0.408 e. The molecule has 0 saturated heterocycles. The Hall–Kier alpha value is -2.06. The Balaban J connectivity index is 3.38. The number of carbonyl (C=O) groups excluding carboxylic acids is 1. The predicted molar refractivity (Wildman–Crippen MR) is 115 cm³/mol. The zero-order valence-corrected chi connectivity index (χ0v) is 20.0. The van der Waals surface area contributed by atoms with E-state index in [9.17, 15) is 14.7 Å². The molecule has 1 amide bonds. The molecule has 0 bridgehead atoms. The molecule has 0 unspecified atom stereocenters. The van der Waals surface area contributed by atoms with E-state index in [1.54, 1.807) is 45.0 Å². The summed E-state index contributed by atoms with van der Waals surface area (Å²) in [6, 6.07) is 5.70. The monoisotopic (exact) mass is 425 g/mol. The van der Waals surface area contributed by atoms with Crippen LogP contribution in [-0.2, 0) is 14.0 Å². The molecule has 7 nitrogen and oxygen atoms in total. The van der Waals surface area contributed by atoms with E-state index >= 15 is 0 Å². The van der Waals surface area contributed by atoms with Gasteiger partial charge in [-0.05, 0) is 56.6 Å². The molecule has 8 heteroatoms. The van der Waals surface area contributed by atoms with Crippen molar-refractivity contribution >= 4 is 20.4 Å². The van der Waals surface area contributed by atoms with E-state index in [1.807, 2.05) is 13.1 Å². The van der Waals surface area contributed by atoms with Crippen LogP contribution in [0.3, 0.4) is 0 Å². The van der Waals surface area contributed by atoms with E-state index in [1.165, 1.54) is 7.11 Å². The van der Waals surface area contributed by atoms with Crippen molar-refractivity contribution in [3.63, 3.8) is 0 Å². The van der Waals surface area contributed by atoms with Gasteiger partial charge >= 0.3 is 12.1 Å². The lowest BCUT2D eigenvalue weighted by Gasteiger charge is -2.41. The number of amides is 1. The summed E-state index contributed by atoms with van der Waals surface area (Å²) in [5.41, 5.74) is -0.142. The minimum atomic E-state index is -2.38. The van der Waals surface area contributed by atoms with Gasteiger partial charge in [0.25, 0.3) is 0 Å². The summed E-state index contributed by atoms with van der Waals surface area (Å²) in [6.07, 6.45) is -1.72. The fraction of sp³-hybridized carbons (Fsp3) is 0.619. The largest absolute Gasteiger partial charge is 0.497 e.